The number of rotatable bonds is 8. The van der Waals surface area contributed by atoms with Gasteiger partial charge in [-0.05, 0) is 36.8 Å². The smallest absolute Gasteiger partial charge is 0.187 e. The molecule has 7 heteroatoms. The average molecular weight is 413 g/mol. The summed E-state index contributed by atoms with van der Waals surface area (Å²) in [5, 5.41) is 7.92. The van der Waals surface area contributed by atoms with E-state index in [1.165, 1.54) is 5.56 Å². The van der Waals surface area contributed by atoms with Crippen LogP contribution in [0.3, 0.4) is 0 Å². The first-order valence-electron chi connectivity index (χ1n) is 9.85. The molecule has 0 unspecified atom stereocenters. The van der Waals surface area contributed by atoms with Crippen LogP contribution in [0, 0.1) is 6.92 Å². The molecule has 0 bridgehead atoms. The molecule has 1 aliphatic heterocycles. The molecule has 3 rings (SSSR count). The molecule has 6 nitrogen and oxygen atoms in total. The van der Waals surface area contributed by atoms with E-state index >= 15 is 0 Å². The van der Waals surface area contributed by atoms with Gasteiger partial charge in [0.2, 0.25) is 0 Å². The second-order valence-corrected chi connectivity index (χ2v) is 7.30. The first-order valence-corrected chi connectivity index (χ1v) is 10.3. The molecular formula is C22H28N4O2S. The Morgan fingerprint density at radius 2 is 1.93 bits per heavy atom. The number of hydrogen-bond acceptors (Lipinski definition) is 5. The fourth-order valence-corrected chi connectivity index (χ4v) is 3.07. The molecule has 0 amide bonds. The molecular weight excluding hydrogens is 384 g/mol. The summed E-state index contributed by atoms with van der Waals surface area (Å²) in [6.45, 7) is 7.85. The Bertz CT molecular complexity index is 805. The van der Waals surface area contributed by atoms with Crippen LogP contribution in [-0.2, 0) is 11.3 Å². The molecule has 2 N–H and O–H groups in total. The summed E-state index contributed by atoms with van der Waals surface area (Å²) in [5.74, 6) is 0.782. The van der Waals surface area contributed by atoms with E-state index in [0.717, 1.165) is 56.3 Å². The molecule has 154 valence electrons. The highest BCUT2D eigenvalue weighted by Gasteiger charge is 2.09. The highest BCUT2D eigenvalue weighted by molar-refractivity contribution is 7.80. The zero-order chi connectivity index (χ0) is 20.3. The van der Waals surface area contributed by atoms with Crippen molar-refractivity contribution in [3.8, 4) is 5.75 Å². The third kappa shape index (κ3) is 7.45. The Hall–Kier alpha value is -2.48. The van der Waals surface area contributed by atoms with Crippen LogP contribution < -0.4 is 15.5 Å². The first kappa shape index (κ1) is 21.2. The zero-order valence-electron chi connectivity index (χ0n) is 16.8. The molecule has 0 atom stereocenters. The molecule has 1 saturated heterocycles. The number of hydrazone groups is 1. The van der Waals surface area contributed by atoms with E-state index < -0.39 is 0 Å². The topological polar surface area (TPSA) is 58.1 Å². The lowest BCUT2D eigenvalue weighted by Crippen LogP contribution is -2.42. The number of benzene rings is 2. The number of thiocarbonyl (C=S) groups is 1. The summed E-state index contributed by atoms with van der Waals surface area (Å²) in [7, 11) is 0. The lowest BCUT2D eigenvalue weighted by Gasteiger charge is -2.26. The fourth-order valence-electron chi connectivity index (χ4n) is 2.92. The van der Waals surface area contributed by atoms with Crippen LogP contribution in [0.5, 0.6) is 5.75 Å². The van der Waals surface area contributed by atoms with Crippen molar-refractivity contribution in [1.82, 2.24) is 15.6 Å². The summed E-state index contributed by atoms with van der Waals surface area (Å²) in [5.41, 5.74) is 6.13. The van der Waals surface area contributed by atoms with Gasteiger partial charge in [0.1, 0.15) is 12.4 Å². The monoisotopic (exact) mass is 412 g/mol. The predicted molar refractivity (Wildman–Crippen MR) is 121 cm³/mol. The molecule has 0 saturated carbocycles. The Kier molecular flexibility index (Phi) is 8.42. The summed E-state index contributed by atoms with van der Waals surface area (Å²) in [4.78, 5) is 2.35. The molecule has 0 spiro atoms. The van der Waals surface area contributed by atoms with Crippen molar-refractivity contribution in [3.63, 3.8) is 0 Å². The molecule has 1 aliphatic rings. The molecule has 2 aromatic carbocycles. The largest absolute Gasteiger partial charge is 0.488 e. The van der Waals surface area contributed by atoms with Gasteiger partial charge >= 0.3 is 0 Å². The lowest BCUT2D eigenvalue weighted by molar-refractivity contribution is 0.0389. The number of nitrogens with zero attached hydrogens (tertiary/aromatic N) is 2. The maximum absolute atomic E-state index is 5.97. The van der Waals surface area contributed by atoms with Crippen molar-refractivity contribution in [1.29, 1.82) is 0 Å². The van der Waals surface area contributed by atoms with Gasteiger partial charge in [-0.15, -0.1) is 0 Å². The number of nitrogens with one attached hydrogen (secondary N) is 2. The first-order chi connectivity index (χ1) is 14.2. The fraction of sp³-hybridized carbons (Fsp3) is 0.364. The van der Waals surface area contributed by atoms with Crippen LogP contribution in [0.1, 0.15) is 16.7 Å². The third-order valence-electron chi connectivity index (χ3n) is 4.62. The third-order valence-corrected chi connectivity index (χ3v) is 4.86. The summed E-state index contributed by atoms with van der Waals surface area (Å²) in [6.07, 6.45) is 1.72. The predicted octanol–water partition coefficient (Wildman–Crippen LogP) is 2.70. The van der Waals surface area contributed by atoms with Gasteiger partial charge in [0.05, 0.1) is 19.4 Å². The minimum absolute atomic E-state index is 0.507. The van der Waals surface area contributed by atoms with E-state index in [4.69, 9.17) is 21.7 Å². The maximum Gasteiger partial charge on any atom is 0.187 e. The van der Waals surface area contributed by atoms with Gasteiger partial charge in [-0.25, -0.2) is 0 Å². The maximum atomic E-state index is 5.97. The van der Waals surface area contributed by atoms with E-state index in [9.17, 15) is 0 Å². The Labute approximate surface area is 177 Å². The van der Waals surface area contributed by atoms with Crippen molar-refractivity contribution in [2.45, 2.75) is 13.5 Å². The average Bonchev–Trinajstić information content (AvgIpc) is 2.75. The van der Waals surface area contributed by atoms with Crippen molar-refractivity contribution >= 4 is 23.5 Å². The lowest BCUT2D eigenvalue weighted by atomic mass is 10.1. The quantitative estimate of drug-likeness (QED) is 0.395. The van der Waals surface area contributed by atoms with Crippen molar-refractivity contribution in [3.05, 3.63) is 65.2 Å². The number of ether oxygens (including phenoxy) is 2. The molecule has 0 radical (unpaired) electrons. The van der Waals surface area contributed by atoms with Crippen LogP contribution in [0.4, 0.5) is 0 Å². The summed E-state index contributed by atoms with van der Waals surface area (Å²) >= 11 is 5.28. The van der Waals surface area contributed by atoms with Gasteiger partial charge in [-0.2, -0.15) is 5.10 Å². The van der Waals surface area contributed by atoms with Crippen LogP contribution in [0.15, 0.2) is 53.6 Å². The van der Waals surface area contributed by atoms with Crippen LogP contribution in [0.25, 0.3) is 0 Å². The molecule has 0 aliphatic carbocycles. The highest BCUT2D eigenvalue weighted by Crippen LogP contribution is 2.17. The van der Waals surface area contributed by atoms with Crippen molar-refractivity contribution in [2.24, 2.45) is 5.10 Å². The van der Waals surface area contributed by atoms with Crippen LogP contribution in [-0.4, -0.2) is 55.6 Å². The number of para-hydroxylation sites is 1. The number of hydrogen-bond donors (Lipinski definition) is 2. The van der Waals surface area contributed by atoms with Gasteiger partial charge in [-0.3, -0.25) is 10.3 Å². The molecule has 1 fully saturated rings. The zero-order valence-corrected chi connectivity index (χ0v) is 17.6. The van der Waals surface area contributed by atoms with E-state index in [2.05, 4.69) is 51.9 Å². The van der Waals surface area contributed by atoms with E-state index in [1.807, 2.05) is 24.3 Å². The molecule has 29 heavy (non-hydrogen) atoms. The Morgan fingerprint density at radius 1 is 1.17 bits per heavy atom. The van der Waals surface area contributed by atoms with E-state index in [0.29, 0.717) is 11.7 Å². The second-order valence-electron chi connectivity index (χ2n) is 6.89. The van der Waals surface area contributed by atoms with Gasteiger partial charge in [0, 0.05) is 31.7 Å². The van der Waals surface area contributed by atoms with Crippen LogP contribution >= 0.6 is 12.2 Å². The molecule has 0 aromatic heterocycles. The van der Waals surface area contributed by atoms with Crippen LogP contribution in [0.2, 0.25) is 0 Å². The summed E-state index contributed by atoms with van der Waals surface area (Å²) < 4.78 is 11.3. The second kappa shape index (κ2) is 11.5. The Balaban J connectivity index is 1.43. The van der Waals surface area contributed by atoms with Gasteiger partial charge in [-0.1, -0.05) is 42.0 Å². The van der Waals surface area contributed by atoms with Gasteiger partial charge < -0.3 is 14.8 Å². The standard InChI is InChI=1S/C22H28N4O2S/c1-18-6-8-19(9-7-18)17-28-21-5-3-2-4-20(21)16-24-25-22(29)23-10-11-26-12-14-27-15-13-26/h2-9,16H,10-15,17H2,1H3,(H2,23,25,29)/b24-16+. The SMILES string of the molecule is Cc1ccc(COc2ccccc2/C=N/NC(=S)NCCN2CCOCC2)cc1. The van der Waals surface area contributed by atoms with Gasteiger partial charge in [0.25, 0.3) is 0 Å². The minimum atomic E-state index is 0.507. The summed E-state index contributed by atoms with van der Waals surface area (Å²) in [6, 6.07) is 16.1. The van der Waals surface area contributed by atoms with E-state index in [-0.39, 0.29) is 0 Å². The minimum Gasteiger partial charge on any atom is -0.488 e. The van der Waals surface area contributed by atoms with Gasteiger partial charge in [0.15, 0.2) is 5.11 Å². The molecule has 1 heterocycles. The highest BCUT2D eigenvalue weighted by atomic mass is 32.1. The number of morpholine rings is 1. The van der Waals surface area contributed by atoms with E-state index in [1.54, 1.807) is 6.21 Å². The van der Waals surface area contributed by atoms with Crippen molar-refractivity contribution < 1.29 is 9.47 Å². The van der Waals surface area contributed by atoms with Crippen molar-refractivity contribution in [2.75, 3.05) is 39.4 Å². The Morgan fingerprint density at radius 3 is 2.72 bits per heavy atom. The number of aryl methyl sites for hydroxylation is 1. The normalized spacial score (nSPS) is 14.7. The molecule has 2 aromatic rings.